The lowest BCUT2D eigenvalue weighted by Crippen LogP contribution is -2.47. The molecular formula is C16H24N2O4S. The van der Waals surface area contributed by atoms with E-state index in [2.05, 4.69) is 4.72 Å². The Bertz CT molecular complexity index is 643. The first-order valence-corrected chi connectivity index (χ1v) is 9.31. The number of hydrogen-bond acceptors (Lipinski definition) is 4. The summed E-state index contributed by atoms with van der Waals surface area (Å²) in [7, 11) is -3.52. The summed E-state index contributed by atoms with van der Waals surface area (Å²) in [4.78, 5) is 13.2. The lowest BCUT2D eigenvalue weighted by Gasteiger charge is -2.35. The molecule has 0 saturated carbocycles. The normalized spacial score (nSPS) is 21.0. The number of rotatable bonds is 6. The Balaban J connectivity index is 1.94. The van der Waals surface area contributed by atoms with Gasteiger partial charge in [-0.1, -0.05) is 17.7 Å². The van der Waals surface area contributed by atoms with E-state index in [9.17, 15) is 13.2 Å². The smallest absolute Gasteiger partial charge is 0.320 e. The van der Waals surface area contributed by atoms with Gasteiger partial charge in [-0.05, 0) is 51.3 Å². The van der Waals surface area contributed by atoms with Crippen molar-refractivity contribution in [2.75, 3.05) is 19.6 Å². The summed E-state index contributed by atoms with van der Waals surface area (Å²) >= 11 is 0. The monoisotopic (exact) mass is 340 g/mol. The van der Waals surface area contributed by atoms with Crippen molar-refractivity contribution in [1.82, 2.24) is 9.62 Å². The molecular weight excluding hydrogens is 316 g/mol. The van der Waals surface area contributed by atoms with Gasteiger partial charge in [-0.3, -0.25) is 9.69 Å². The molecule has 0 bridgehead atoms. The Morgan fingerprint density at radius 1 is 1.39 bits per heavy atom. The molecule has 1 aliphatic rings. The highest BCUT2D eigenvalue weighted by Gasteiger charge is 2.28. The van der Waals surface area contributed by atoms with Crippen molar-refractivity contribution in [1.29, 1.82) is 0 Å². The van der Waals surface area contributed by atoms with Crippen LogP contribution in [0.2, 0.25) is 0 Å². The maximum absolute atomic E-state index is 12.3. The second-order valence-corrected chi connectivity index (χ2v) is 7.95. The molecule has 7 heteroatoms. The summed E-state index contributed by atoms with van der Waals surface area (Å²) in [6, 6.07) is 6.19. The molecule has 6 nitrogen and oxygen atoms in total. The van der Waals surface area contributed by atoms with E-state index in [-0.39, 0.29) is 10.8 Å². The molecule has 0 aromatic heterocycles. The first-order valence-electron chi connectivity index (χ1n) is 7.83. The maximum Gasteiger partial charge on any atom is 0.320 e. The van der Waals surface area contributed by atoms with Crippen molar-refractivity contribution < 1.29 is 18.3 Å². The molecule has 1 saturated heterocycles. The minimum atomic E-state index is -3.52. The Hall–Kier alpha value is -1.44. The van der Waals surface area contributed by atoms with E-state index < -0.39 is 22.0 Å². The fourth-order valence-corrected chi connectivity index (χ4v) is 3.92. The molecule has 1 aromatic rings. The SMILES string of the molecule is Cc1ccc(S(=O)(=O)NC[C@H]2CCCN([C@@H](C)C(=O)O)C2)cc1. The van der Waals surface area contributed by atoms with Gasteiger partial charge in [0.2, 0.25) is 10.0 Å². The summed E-state index contributed by atoms with van der Waals surface area (Å²) in [5.41, 5.74) is 1.01. The topological polar surface area (TPSA) is 86.7 Å². The van der Waals surface area contributed by atoms with Gasteiger partial charge in [0, 0.05) is 13.1 Å². The molecule has 2 N–H and O–H groups in total. The predicted molar refractivity (Wildman–Crippen MR) is 87.8 cm³/mol. The zero-order valence-corrected chi connectivity index (χ0v) is 14.3. The van der Waals surface area contributed by atoms with Crippen LogP contribution < -0.4 is 4.72 Å². The molecule has 0 unspecified atom stereocenters. The van der Waals surface area contributed by atoms with Gasteiger partial charge in [0.25, 0.3) is 0 Å². The number of carboxylic acid groups (broad SMARTS) is 1. The Labute approximate surface area is 137 Å². The third-order valence-electron chi connectivity index (χ3n) is 4.35. The highest BCUT2D eigenvalue weighted by molar-refractivity contribution is 7.89. The number of nitrogens with one attached hydrogen (secondary N) is 1. The maximum atomic E-state index is 12.3. The number of piperidine rings is 1. The standard InChI is InChI=1S/C16H24N2O4S/c1-12-5-7-15(8-6-12)23(21,22)17-10-14-4-3-9-18(11-14)13(2)16(19)20/h5-8,13-14,17H,3-4,9-11H2,1-2H3,(H,19,20)/t13-,14+/m0/s1. The summed E-state index contributed by atoms with van der Waals surface area (Å²) in [5.74, 6) is -0.711. The average molecular weight is 340 g/mol. The molecule has 0 aliphatic carbocycles. The second kappa shape index (κ2) is 7.42. The lowest BCUT2D eigenvalue weighted by atomic mass is 9.97. The highest BCUT2D eigenvalue weighted by Crippen LogP contribution is 2.19. The van der Waals surface area contributed by atoms with Gasteiger partial charge in [-0.15, -0.1) is 0 Å². The summed E-state index contributed by atoms with van der Waals surface area (Å²) in [5, 5.41) is 9.10. The summed E-state index contributed by atoms with van der Waals surface area (Å²) in [6.45, 7) is 5.25. The zero-order chi connectivity index (χ0) is 17.0. The fraction of sp³-hybridized carbons (Fsp3) is 0.562. The third kappa shape index (κ3) is 4.76. The van der Waals surface area contributed by atoms with E-state index in [1.54, 1.807) is 31.2 Å². The minimum Gasteiger partial charge on any atom is -0.480 e. The summed E-state index contributed by atoms with van der Waals surface area (Å²) < 4.78 is 27.2. The minimum absolute atomic E-state index is 0.130. The van der Waals surface area contributed by atoms with E-state index in [0.29, 0.717) is 13.1 Å². The number of sulfonamides is 1. The molecule has 1 aromatic carbocycles. The molecule has 23 heavy (non-hydrogen) atoms. The van der Waals surface area contributed by atoms with Crippen LogP contribution in [-0.2, 0) is 14.8 Å². The van der Waals surface area contributed by atoms with Gasteiger partial charge in [0.05, 0.1) is 4.90 Å². The third-order valence-corrected chi connectivity index (χ3v) is 5.79. The van der Waals surface area contributed by atoms with Crippen LogP contribution in [0.5, 0.6) is 0 Å². The molecule has 1 fully saturated rings. The van der Waals surface area contributed by atoms with Crippen molar-refractivity contribution in [2.45, 2.75) is 37.6 Å². The van der Waals surface area contributed by atoms with Crippen molar-refractivity contribution in [3.05, 3.63) is 29.8 Å². The van der Waals surface area contributed by atoms with Gasteiger partial charge in [0.1, 0.15) is 6.04 Å². The van der Waals surface area contributed by atoms with E-state index in [0.717, 1.165) is 24.9 Å². The van der Waals surface area contributed by atoms with Crippen molar-refractivity contribution in [2.24, 2.45) is 5.92 Å². The number of likely N-dealkylation sites (tertiary alicyclic amines) is 1. The van der Waals surface area contributed by atoms with Crippen LogP contribution in [-0.4, -0.2) is 50.1 Å². The van der Waals surface area contributed by atoms with E-state index in [4.69, 9.17) is 5.11 Å². The predicted octanol–water partition coefficient (Wildman–Crippen LogP) is 1.46. The van der Waals surface area contributed by atoms with E-state index in [1.165, 1.54) is 0 Å². The fourth-order valence-electron chi connectivity index (χ4n) is 2.80. The first-order chi connectivity index (χ1) is 10.8. The van der Waals surface area contributed by atoms with Gasteiger partial charge >= 0.3 is 5.97 Å². The molecule has 0 amide bonds. The largest absolute Gasteiger partial charge is 0.480 e. The number of hydrogen-bond donors (Lipinski definition) is 2. The molecule has 0 spiro atoms. The van der Waals surface area contributed by atoms with Crippen LogP contribution in [0.1, 0.15) is 25.3 Å². The number of carbonyl (C=O) groups is 1. The highest BCUT2D eigenvalue weighted by atomic mass is 32.2. The van der Waals surface area contributed by atoms with Crippen molar-refractivity contribution in [3.8, 4) is 0 Å². The number of aryl methyl sites for hydroxylation is 1. The van der Waals surface area contributed by atoms with Crippen LogP contribution >= 0.6 is 0 Å². The molecule has 128 valence electrons. The van der Waals surface area contributed by atoms with Gasteiger partial charge < -0.3 is 5.11 Å². The molecule has 0 radical (unpaired) electrons. The summed E-state index contributed by atoms with van der Waals surface area (Å²) in [6.07, 6.45) is 1.79. The van der Waals surface area contributed by atoms with E-state index in [1.807, 2.05) is 11.8 Å². The number of aliphatic carboxylic acids is 1. The van der Waals surface area contributed by atoms with Crippen LogP contribution in [0.4, 0.5) is 0 Å². The van der Waals surface area contributed by atoms with Crippen LogP contribution in [0, 0.1) is 12.8 Å². The van der Waals surface area contributed by atoms with Crippen molar-refractivity contribution >= 4 is 16.0 Å². The van der Waals surface area contributed by atoms with Gasteiger partial charge in [-0.2, -0.15) is 0 Å². The second-order valence-electron chi connectivity index (χ2n) is 6.18. The molecule has 1 aliphatic heterocycles. The Kier molecular flexibility index (Phi) is 5.78. The lowest BCUT2D eigenvalue weighted by molar-refractivity contribution is -0.143. The Morgan fingerprint density at radius 3 is 2.65 bits per heavy atom. The van der Waals surface area contributed by atoms with Crippen LogP contribution in [0.15, 0.2) is 29.2 Å². The zero-order valence-electron chi connectivity index (χ0n) is 13.5. The molecule has 2 rings (SSSR count). The number of nitrogens with zero attached hydrogens (tertiary/aromatic N) is 1. The Morgan fingerprint density at radius 2 is 2.04 bits per heavy atom. The average Bonchev–Trinajstić information content (AvgIpc) is 2.53. The van der Waals surface area contributed by atoms with E-state index >= 15 is 0 Å². The molecule has 2 atom stereocenters. The molecule has 1 heterocycles. The quantitative estimate of drug-likeness (QED) is 0.819. The first kappa shape index (κ1) is 17.9. The number of carboxylic acids is 1. The van der Waals surface area contributed by atoms with Gasteiger partial charge in [-0.25, -0.2) is 13.1 Å². The van der Waals surface area contributed by atoms with Crippen LogP contribution in [0.25, 0.3) is 0 Å². The van der Waals surface area contributed by atoms with Crippen molar-refractivity contribution in [3.63, 3.8) is 0 Å². The van der Waals surface area contributed by atoms with Crippen LogP contribution in [0.3, 0.4) is 0 Å². The number of benzene rings is 1. The van der Waals surface area contributed by atoms with Gasteiger partial charge in [0.15, 0.2) is 0 Å².